The molecule has 0 aliphatic heterocycles. The van der Waals surface area contributed by atoms with Crippen LogP contribution in [0.1, 0.15) is 28.4 Å². The van der Waals surface area contributed by atoms with Crippen LogP contribution >= 0.6 is 0 Å². The van der Waals surface area contributed by atoms with Gasteiger partial charge in [-0.25, -0.2) is 22.5 Å². The Kier molecular flexibility index (Phi) is 6.01. The average molecular weight is 466 g/mol. The number of nitrogens with zero attached hydrogens (tertiary/aromatic N) is 4. The number of rotatable bonds is 7. The summed E-state index contributed by atoms with van der Waals surface area (Å²) in [5.41, 5.74) is 2.09. The Labute approximate surface area is 189 Å². The first-order valence-electron chi connectivity index (χ1n) is 9.93. The number of carbonyl (C=O) groups excluding carboxylic acids is 1. The lowest BCUT2D eigenvalue weighted by Gasteiger charge is -2.18. The minimum absolute atomic E-state index is 0.0762. The Morgan fingerprint density at radius 3 is 2.67 bits per heavy atom. The van der Waals surface area contributed by atoms with Crippen molar-refractivity contribution in [3.8, 4) is 5.69 Å². The first kappa shape index (κ1) is 22.3. The number of hydrogen-bond acceptors (Lipinski definition) is 6. The third-order valence-electron chi connectivity index (χ3n) is 5.06. The highest BCUT2D eigenvalue weighted by Crippen LogP contribution is 2.24. The molecule has 0 radical (unpaired) electrons. The minimum Gasteiger partial charge on any atom is -0.345 e. The van der Waals surface area contributed by atoms with Gasteiger partial charge < -0.3 is 5.32 Å². The molecule has 1 aromatic carbocycles. The van der Waals surface area contributed by atoms with E-state index in [0.29, 0.717) is 34.1 Å². The zero-order valence-electron chi connectivity index (χ0n) is 17.6. The van der Waals surface area contributed by atoms with Crippen molar-refractivity contribution in [1.29, 1.82) is 0 Å². The molecule has 0 aliphatic rings. The highest BCUT2D eigenvalue weighted by molar-refractivity contribution is 7.90. The quantitative estimate of drug-likeness (QED) is 0.419. The molecule has 0 fully saturated rings. The third kappa shape index (κ3) is 4.65. The van der Waals surface area contributed by atoms with Gasteiger partial charge in [0.05, 0.1) is 35.2 Å². The molecule has 0 aliphatic carbocycles. The van der Waals surface area contributed by atoms with Crippen LogP contribution in [0, 0.1) is 5.82 Å². The number of benzene rings is 1. The number of carbonyl (C=O) groups is 1. The highest BCUT2D eigenvalue weighted by atomic mass is 32.2. The van der Waals surface area contributed by atoms with Gasteiger partial charge >= 0.3 is 0 Å². The summed E-state index contributed by atoms with van der Waals surface area (Å²) >= 11 is 0. The second-order valence-corrected chi connectivity index (χ2v) is 9.37. The molecule has 0 unspecified atom stereocenters. The Morgan fingerprint density at radius 2 is 1.97 bits per heavy atom. The van der Waals surface area contributed by atoms with E-state index in [1.165, 1.54) is 30.6 Å². The van der Waals surface area contributed by atoms with E-state index in [9.17, 15) is 17.6 Å². The topological polar surface area (TPSA) is 107 Å². The lowest BCUT2D eigenvalue weighted by molar-refractivity contribution is 0.0938. The number of amides is 1. The van der Waals surface area contributed by atoms with Crippen molar-refractivity contribution >= 4 is 26.6 Å². The molecule has 4 rings (SSSR count). The van der Waals surface area contributed by atoms with Crippen molar-refractivity contribution in [2.45, 2.75) is 17.5 Å². The Balaban J connectivity index is 1.68. The van der Waals surface area contributed by atoms with Crippen molar-refractivity contribution in [2.75, 3.05) is 6.26 Å². The van der Waals surface area contributed by atoms with E-state index in [4.69, 9.17) is 0 Å². The summed E-state index contributed by atoms with van der Waals surface area (Å²) in [4.78, 5) is 21.3. The summed E-state index contributed by atoms with van der Waals surface area (Å²) in [5, 5.41) is 7.74. The van der Waals surface area contributed by atoms with Gasteiger partial charge in [-0.1, -0.05) is 6.08 Å². The van der Waals surface area contributed by atoms with Crippen LogP contribution in [0.3, 0.4) is 0 Å². The molecule has 0 spiro atoms. The van der Waals surface area contributed by atoms with Gasteiger partial charge in [-0.15, -0.1) is 6.58 Å². The molecular weight excluding hydrogens is 445 g/mol. The van der Waals surface area contributed by atoms with Crippen LogP contribution in [0.4, 0.5) is 4.39 Å². The largest absolute Gasteiger partial charge is 0.345 e. The fourth-order valence-electron chi connectivity index (χ4n) is 3.44. The van der Waals surface area contributed by atoms with Crippen LogP contribution < -0.4 is 5.32 Å². The fraction of sp³-hybridized carbons (Fsp3) is 0.130. The first-order chi connectivity index (χ1) is 15.8. The van der Waals surface area contributed by atoms with Crippen molar-refractivity contribution in [1.82, 2.24) is 25.1 Å². The van der Waals surface area contributed by atoms with Gasteiger partial charge in [0.15, 0.2) is 14.9 Å². The summed E-state index contributed by atoms with van der Waals surface area (Å²) in [6, 6.07) is 8.37. The normalized spacial score (nSPS) is 12.4. The van der Waals surface area contributed by atoms with Gasteiger partial charge in [0.1, 0.15) is 5.82 Å². The van der Waals surface area contributed by atoms with E-state index in [-0.39, 0.29) is 10.8 Å². The molecule has 8 nitrogen and oxygen atoms in total. The van der Waals surface area contributed by atoms with E-state index in [1.54, 1.807) is 41.4 Å². The summed E-state index contributed by atoms with van der Waals surface area (Å²) in [5.74, 6) is -0.770. The number of hydrogen-bond donors (Lipinski definition) is 1. The average Bonchev–Trinajstić information content (AvgIpc) is 3.23. The predicted octanol–water partition coefficient (Wildman–Crippen LogP) is 3.41. The highest BCUT2D eigenvalue weighted by Gasteiger charge is 2.20. The molecule has 33 heavy (non-hydrogen) atoms. The molecule has 3 aromatic heterocycles. The van der Waals surface area contributed by atoms with E-state index in [1.807, 2.05) is 0 Å². The first-order valence-corrected chi connectivity index (χ1v) is 11.8. The van der Waals surface area contributed by atoms with Crippen molar-refractivity contribution in [3.05, 3.63) is 90.8 Å². The lowest BCUT2D eigenvalue weighted by Crippen LogP contribution is -2.28. The molecule has 3 heterocycles. The van der Waals surface area contributed by atoms with Crippen LogP contribution in [-0.2, 0) is 9.84 Å². The monoisotopic (exact) mass is 465 g/mol. The summed E-state index contributed by atoms with van der Waals surface area (Å²) in [7, 11) is -3.50. The van der Waals surface area contributed by atoms with Crippen LogP contribution in [0.5, 0.6) is 0 Å². The molecule has 0 bridgehead atoms. The van der Waals surface area contributed by atoms with E-state index in [0.717, 1.165) is 6.26 Å². The lowest BCUT2D eigenvalue weighted by atomic mass is 10.0. The number of fused-ring (bicyclic) bond motifs is 1. The number of halogens is 1. The van der Waals surface area contributed by atoms with Gasteiger partial charge in [-0.2, -0.15) is 5.10 Å². The maximum absolute atomic E-state index is 13.3. The van der Waals surface area contributed by atoms with Gasteiger partial charge in [0, 0.05) is 24.0 Å². The Hall–Kier alpha value is -3.92. The molecule has 1 amide bonds. The molecule has 0 saturated carbocycles. The SMILES string of the molecule is C=CC[C@@H](NC(=O)c1cncc2c1cnn2-c1ccc(F)cc1)c1ccnc(S(C)(=O)=O)c1. The zero-order chi connectivity index (χ0) is 23.6. The van der Waals surface area contributed by atoms with Crippen LogP contribution in [0.15, 0.2) is 78.9 Å². The van der Waals surface area contributed by atoms with E-state index in [2.05, 4.69) is 27.0 Å². The van der Waals surface area contributed by atoms with Gasteiger partial charge in [-0.05, 0) is 48.4 Å². The van der Waals surface area contributed by atoms with E-state index < -0.39 is 21.8 Å². The Morgan fingerprint density at radius 1 is 1.21 bits per heavy atom. The summed E-state index contributed by atoms with van der Waals surface area (Å²) in [6.45, 7) is 3.73. The maximum atomic E-state index is 13.3. The van der Waals surface area contributed by atoms with Gasteiger partial charge in [-0.3, -0.25) is 9.78 Å². The minimum atomic E-state index is -3.50. The molecule has 1 atom stereocenters. The van der Waals surface area contributed by atoms with Crippen molar-refractivity contribution in [3.63, 3.8) is 0 Å². The molecule has 168 valence electrons. The van der Waals surface area contributed by atoms with Crippen LogP contribution in [0.2, 0.25) is 0 Å². The molecule has 0 saturated heterocycles. The number of sulfone groups is 1. The number of aromatic nitrogens is 4. The smallest absolute Gasteiger partial charge is 0.254 e. The van der Waals surface area contributed by atoms with Crippen LogP contribution in [-0.4, -0.2) is 40.3 Å². The van der Waals surface area contributed by atoms with Gasteiger partial charge in [0.25, 0.3) is 5.91 Å². The van der Waals surface area contributed by atoms with Gasteiger partial charge in [0.2, 0.25) is 0 Å². The summed E-state index contributed by atoms with van der Waals surface area (Å²) < 4.78 is 38.6. The van der Waals surface area contributed by atoms with Crippen molar-refractivity contribution in [2.24, 2.45) is 0 Å². The molecule has 4 aromatic rings. The predicted molar refractivity (Wildman–Crippen MR) is 121 cm³/mol. The maximum Gasteiger partial charge on any atom is 0.254 e. The van der Waals surface area contributed by atoms with Crippen LogP contribution in [0.25, 0.3) is 16.6 Å². The third-order valence-corrected chi connectivity index (χ3v) is 6.04. The number of nitrogens with one attached hydrogen (secondary N) is 1. The summed E-state index contributed by atoms with van der Waals surface area (Å²) in [6.07, 6.45) is 9.03. The molecular formula is C23H20FN5O3S. The zero-order valence-corrected chi connectivity index (χ0v) is 18.5. The molecule has 10 heteroatoms. The molecule has 1 N–H and O–H groups in total. The second kappa shape index (κ2) is 8.91. The standard InChI is InChI=1S/C23H20FN5O3S/c1-3-4-20(15-9-10-26-22(11-15)33(2,31)32)28-23(30)19-12-25-14-21-18(19)13-27-29(21)17-7-5-16(24)6-8-17/h3,5-14,20H,1,4H2,2H3,(H,28,30)/t20-/m1/s1. The fourth-order valence-corrected chi connectivity index (χ4v) is 4.04. The second-order valence-electron chi connectivity index (χ2n) is 7.40. The van der Waals surface area contributed by atoms with Crippen molar-refractivity contribution < 1.29 is 17.6 Å². The van der Waals surface area contributed by atoms with E-state index >= 15 is 0 Å². The Bertz CT molecular complexity index is 1450. The number of pyridine rings is 2.